The van der Waals surface area contributed by atoms with Crippen LogP contribution in [0.5, 0.6) is 0 Å². The quantitative estimate of drug-likeness (QED) is 0.723. The first-order valence-corrected chi connectivity index (χ1v) is 8.19. The molecule has 0 bridgehead atoms. The first kappa shape index (κ1) is 17.7. The fourth-order valence-corrected chi connectivity index (χ4v) is 3.55. The minimum atomic E-state index is -0.158. The van der Waals surface area contributed by atoms with E-state index in [1.54, 1.807) is 0 Å². The summed E-state index contributed by atoms with van der Waals surface area (Å²) in [7, 11) is 0. The van der Waals surface area contributed by atoms with E-state index in [1.165, 1.54) is 11.1 Å². The average Bonchev–Trinajstić information content (AvgIpc) is 3.03. The molecule has 0 saturated carbocycles. The van der Waals surface area contributed by atoms with Crippen LogP contribution in [0.2, 0.25) is 0 Å². The molecule has 1 fully saturated rings. The molecule has 1 saturated heterocycles. The van der Waals surface area contributed by atoms with Gasteiger partial charge in [-0.15, -0.1) is 0 Å². The Balaban J connectivity index is 0.00000192. The number of hydrogen-bond acceptors (Lipinski definition) is 1. The Morgan fingerprint density at radius 3 is 1.78 bits per heavy atom. The topological polar surface area (TPSA) is 12.2 Å². The predicted octanol–water partition coefficient (Wildman–Crippen LogP) is 0.848. The monoisotopic (exact) mass is 373 g/mol. The normalized spacial score (nSPS) is 15.7. The van der Waals surface area contributed by atoms with Crippen LogP contribution in [0.15, 0.2) is 60.7 Å². The Kier molecular flexibility index (Phi) is 6.00. The number of benzene rings is 2. The second kappa shape index (κ2) is 7.78. The molecule has 0 atom stereocenters. The molecule has 0 aromatic heterocycles. The van der Waals surface area contributed by atoms with Crippen molar-refractivity contribution < 1.29 is 26.3 Å². The Hall–Kier alpha value is -1.61. The van der Waals surface area contributed by atoms with Crippen molar-refractivity contribution in [3.8, 4) is 0 Å². The first-order valence-electron chi connectivity index (χ1n) is 8.19. The molecule has 0 radical (unpaired) electrons. The van der Waals surface area contributed by atoms with Crippen molar-refractivity contribution in [2.45, 2.75) is 25.7 Å². The lowest BCUT2D eigenvalue weighted by Crippen LogP contribution is -3.00. The van der Waals surface area contributed by atoms with E-state index < -0.39 is 0 Å². The largest absolute Gasteiger partial charge is 1.00 e. The zero-order chi connectivity index (χ0) is 15.4. The van der Waals surface area contributed by atoms with E-state index in [2.05, 4.69) is 79.1 Å². The molecule has 1 aliphatic rings. The molecule has 0 unspecified atom stereocenters. The summed E-state index contributed by atoms with van der Waals surface area (Å²) in [5, 5.41) is 0. The molecule has 3 heteroatoms. The van der Waals surface area contributed by atoms with Crippen LogP contribution in [0.1, 0.15) is 31.4 Å². The Morgan fingerprint density at radius 2 is 1.35 bits per heavy atom. The van der Waals surface area contributed by atoms with Crippen LogP contribution in [0.25, 0.3) is 0 Å². The molecule has 2 nitrogen and oxygen atoms in total. The highest BCUT2D eigenvalue weighted by atomic mass is 79.9. The number of hydrogen-bond donors (Lipinski definition) is 0. The maximum Gasteiger partial charge on any atom is 0.351 e. The summed E-state index contributed by atoms with van der Waals surface area (Å²) < 4.78 is 8.52. The van der Waals surface area contributed by atoms with Crippen molar-refractivity contribution >= 4 is 5.90 Å². The summed E-state index contributed by atoms with van der Waals surface area (Å²) in [4.78, 5) is 0. The second-order valence-electron chi connectivity index (χ2n) is 5.71. The van der Waals surface area contributed by atoms with Crippen molar-refractivity contribution in [2.75, 3.05) is 19.7 Å². The fraction of sp³-hybridized carbons (Fsp3) is 0.350. The molecule has 0 spiro atoms. The van der Waals surface area contributed by atoms with Crippen molar-refractivity contribution in [3.05, 3.63) is 71.8 Å². The molecule has 1 aliphatic heterocycles. The fourth-order valence-electron chi connectivity index (χ4n) is 3.55. The van der Waals surface area contributed by atoms with Gasteiger partial charge >= 0.3 is 5.90 Å². The maximum atomic E-state index is 6.16. The molecule has 3 rings (SSSR count). The van der Waals surface area contributed by atoms with E-state index in [-0.39, 0.29) is 22.4 Å². The first-order chi connectivity index (χ1) is 10.8. The van der Waals surface area contributed by atoms with E-state index in [9.17, 15) is 0 Å². The molecule has 2 aromatic carbocycles. The highest BCUT2D eigenvalue weighted by Gasteiger charge is 2.51. The number of ether oxygens (including phenoxy) is 1. The Bertz CT molecular complexity index is 606. The van der Waals surface area contributed by atoms with Crippen molar-refractivity contribution in [1.82, 2.24) is 0 Å². The van der Waals surface area contributed by atoms with Gasteiger partial charge in [0.15, 0.2) is 0 Å². The molecule has 122 valence electrons. The van der Waals surface area contributed by atoms with Gasteiger partial charge in [-0.3, -0.25) is 0 Å². The van der Waals surface area contributed by atoms with Crippen LogP contribution >= 0.6 is 0 Å². The van der Waals surface area contributed by atoms with Crippen LogP contribution in [0.3, 0.4) is 0 Å². The summed E-state index contributed by atoms with van der Waals surface area (Å²) in [5.74, 6) is 1.11. The van der Waals surface area contributed by atoms with Gasteiger partial charge in [0.25, 0.3) is 0 Å². The van der Waals surface area contributed by atoms with Gasteiger partial charge in [-0.25, -0.2) is 4.58 Å². The highest BCUT2D eigenvalue weighted by molar-refractivity contribution is 5.90. The lowest BCUT2D eigenvalue weighted by Gasteiger charge is -2.26. The number of nitrogens with zero attached hydrogens (tertiary/aromatic N) is 1. The summed E-state index contributed by atoms with van der Waals surface area (Å²) in [6, 6.07) is 21.6. The molecule has 0 N–H and O–H groups in total. The van der Waals surface area contributed by atoms with Crippen molar-refractivity contribution in [1.29, 1.82) is 0 Å². The molecule has 2 aromatic rings. The lowest BCUT2D eigenvalue weighted by atomic mass is 9.73. The zero-order valence-electron chi connectivity index (χ0n) is 13.8. The third-order valence-electron chi connectivity index (χ3n) is 4.66. The van der Waals surface area contributed by atoms with E-state index in [4.69, 9.17) is 4.74 Å². The minimum Gasteiger partial charge on any atom is -1.00 e. The van der Waals surface area contributed by atoms with E-state index in [0.717, 1.165) is 32.0 Å². The van der Waals surface area contributed by atoms with Crippen LogP contribution in [-0.2, 0) is 10.2 Å². The molecule has 0 aliphatic carbocycles. The van der Waals surface area contributed by atoms with E-state index >= 15 is 0 Å². The Morgan fingerprint density at radius 1 is 0.870 bits per heavy atom. The number of halogens is 1. The molecule has 23 heavy (non-hydrogen) atoms. The van der Waals surface area contributed by atoms with Crippen LogP contribution in [0, 0.1) is 0 Å². The van der Waals surface area contributed by atoms with Gasteiger partial charge in [0.05, 0.1) is 6.61 Å². The van der Waals surface area contributed by atoms with Gasteiger partial charge in [0.2, 0.25) is 0 Å². The van der Waals surface area contributed by atoms with E-state index in [0.29, 0.717) is 0 Å². The van der Waals surface area contributed by atoms with Crippen LogP contribution in [-0.4, -0.2) is 30.2 Å². The molecule has 0 amide bonds. The standard InChI is InChI=1S/C20H24NO.BrH/c1-3-21(4-2)19-20(15-16-22-19,17-11-7-5-8-12-17)18-13-9-6-10-14-18;/h5-14H,3-4,15-16H2,1-2H3;1H/q+1;/p-1. The van der Waals surface area contributed by atoms with Gasteiger partial charge in [-0.1, -0.05) is 60.7 Å². The molecular formula is C20H24BrNO. The maximum absolute atomic E-state index is 6.16. The average molecular weight is 374 g/mol. The highest BCUT2D eigenvalue weighted by Crippen LogP contribution is 2.41. The summed E-state index contributed by atoms with van der Waals surface area (Å²) in [6.45, 7) is 7.09. The second-order valence-corrected chi connectivity index (χ2v) is 5.71. The summed E-state index contributed by atoms with van der Waals surface area (Å²) in [6.07, 6.45) is 0.993. The van der Waals surface area contributed by atoms with Gasteiger partial charge in [0.1, 0.15) is 18.5 Å². The number of rotatable bonds is 4. The summed E-state index contributed by atoms with van der Waals surface area (Å²) >= 11 is 0. The smallest absolute Gasteiger partial charge is 0.351 e. The molecular weight excluding hydrogens is 350 g/mol. The predicted molar refractivity (Wildman–Crippen MR) is 90.6 cm³/mol. The van der Waals surface area contributed by atoms with Crippen LogP contribution < -0.4 is 17.0 Å². The SMILES string of the molecule is CC[N+](CC)=C1OCCC1(c1ccccc1)c1ccccc1.[Br-]. The van der Waals surface area contributed by atoms with Crippen molar-refractivity contribution in [2.24, 2.45) is 0 Å². The van der Waals surface area contributed by atoms with Gasteiger partial charge < -0.3 is 21.7 Å². The van der Waals surface area contributed by atoms with Crippen molar-refractivity contribution in [3.63, 3.8) is 0 Å². The van der Waals surface area contributed by atoms with Gasteiger partial charge in [-0.05, 0) is 25.0 Å². The minimum absolute atomic E-state index is 0. The summed E-state index contributed by atoms with van der Waals surface area (Å²) in [5.41, 5.74) is 2.48. The third kappa shape index (κ3) is 3.07. The Labute approximate surface area is 149 Å². The van der Waals surface area contributed by atoms with E-state index in [1.807, 2.05) is 0 Å². The van der Waals surface area contributed by atoms with Gasteiger partial charge in [-0.2, -0.15) is 0 Å². The van der Waals surface area contributed by atoms with Crippen LogP contribution in [0.4, 0.5) is 0 Å². The molecule has 1 heterocycles. The lowest BCUT2D eigenvalue weighted by molar-refractivity contribution is -0.530. The third-order valence-corrected chi connectivity index (χ3v) is 4.66. The van der Waals surface area contributed by atoms with Gasteiger partial charge in [0, 0.05) is 6.42 Å². The zero-order valence-corrected chi connectivity index (χ0v) is 15.4.